The molecule has 3 rings (SSSR count). The summed E-state index contributed by atoms with van der Waals surface area (Å²) in [6.45, 7) is 5.29. The highest BCUT2D eigenvalue weighted by atomic mass is 15.1. The summed E-state index contributed by atoms with van der Waals surface area (Å²) in [5.74, 6) is 0.684. The summed E-state index contributed by atoms with van der Waals surface area (Å²) in [5, 5.41) is 0. The molecule has 1 unspecified atom stereocenters. The minimum absolute atomic E-state index is 0.684. The highest BCUT2D eigenvalue weighted by molar-refractivity contribution is 5.39. The number of imidazole rings is 1. The summed E-state index contributed by atoms with van der Waals surface area (Å²) in [6, 6.07) is 8.75. The minimum Gasteiger partial charge on any atom is -0.334 e. The van der Waals surface area contributed by atoms with Gasteiger partial charge in [0.25, 0.3) is 0 Å². The van der Waals surface area contributed by atoms with Crippen LogP contribution in [0.4, 0.5) is 0 Å². The molecule has 1 aromatic carbocycles. The van der Waals surface area contributed by atoms with Gasteiger partial charge in [-0.15, -0.1) is 0 Å². The van der Waals surface area contributed by atoms with E-state index in [1.165, 1.54) is 23.2 Å². The third-order valence-electron chi connectivity index (χ3n) is 3.72. The molecule has 0 saturated heterocycles. The highest BCUT2D eigenvalue weighted by Gasteiger charge is 2.25. The Kier molecular flexibility index (Phi) is 2.10. The Balaban J connectivity index is 1.82. The molecule has 0 N–H and O–H groups in total. The molecule has 1 atom stereocenters. The molecular weight excluding hydrogens is 196 g/mol. The quantitative estimate of drug-likeness (QED) is 0.748. The Labute approximate surface area is 95.9 Å². The Hall–Kier alpha value is -1.57. The molecule has 0 bridgehead atoms. The zero-order chi connectivity index (χ0) is 11.1. The fourth-order valence-electron chi connectivity index (χ4n) is 2.49. The van der Waals surface area contributed by atoms with E-state index in [0.29, 0.717) is 5.92 Å². The minimum atomic E-state index is 0.684. The lowest BCUT2D eigenvalue weighted by atomic mass is 9.77. The van der Waals surface area contributed by atoms with Gasteiger partial charge in [-0.2, -0.15) is 0 Å². The number of hydrogen-bond donors (Lipinski definition) is 0. The topological polar surface area (TPSA) is 17.8 Å². The van der Waals surface area contributed by atoms with E-state index in [9.17, 15) is 0 Å². The van der Waals surface area contributed by atoms with Crippen molar-refractivity contribution in [1.29, 1.82) is 0 Å². The standard InChI is InChI=1S/C14H16N2/c1-10-11(2)16(9-15-10)8-13-7-12-5-3-4-6-14(12)13/h3-6,9,13H,7-8H2,1-2H3. The van der Waals surface area contributed by atoms with E-state index in [0.717, 1.165) is 12.2 Å². The molecule has 1 aromatic heterocycles. The lowest BCUT2D eigenvalue weighted by molar-refractivity contribution is 0.502. The van der Waals surface area contributed by atoms with Gasteiger partial charge in [-0.25, -0.2) is 4.98 Å². The van der Waals surface area contributed by atoms with E-state index in [-0.39, 0.29) is 0 Å². The van der Waals surface area contributed by atoms with Gasteiger partial charge in [-0.05, 0) is 31.4 Å². The number of hydrogen-bond acceptors (Lipinski definition) is 1. The van der Waals surface area contributed by atoms with Crippen molar-refractivity contribution >= 4 is 0 Å². The molecule has 2 nitrogen and oxygen atoms in total. The van der Waals surface area contributed by atoms with Gasteiger partial charge >= 0.3 is 0 Å². The van der Waals surface area contributed by atoms with Gasteiger partial charge in [0, 0.05) is 18.2 Å². The summed E-state index contributed by atoms with van der Waals surface area (Å²) < 4.78 is 2.27. The molecule has 0 radical (unpaired) electrons. The fourth-order valence-corrected chi connectivity index (χ4v) is 2.49. The van der Waals surface area contributed by atoms with Gasteiger partial charge < -0.3 is 4.57 Å². The molecule has 1 aliphatic carbocycles. The average Bonchev–Trinajstić information content (AvgIpc) is 2.57. The maximum Gasteiger partial charge on any atom is 0.0951 e. The van der Waals surface area contributed by atoms with Crippen LogP contribution < -0.4 is 0 Å². The van der Waals surface area contributed by atoms with Crippen molar-refractivity contribution in [2.24, 2.45) is 0 Å². The second kappa shape index (κ2) is 3.48. The average molecular weight is 212 g/mol. The molecule has 82 valence electrons. The Morgan fingerprint density at radius 1 is 1.31 bits per heavy atom. The van der Waals surface area contributed by atoms with Crippen LogP contribution >= 0.6 is 0 Å². The van der Waals surface area contributed by atoms with Crippen molar-refractivity contribution in [2.45, 2.75) is 32.7 Å². The third kappa shape index (κ3) is 1.37. The SMILES string of the molecule is Cc1ncn(CC2Cc3ccccc32)c1C. The van der Waals surface area contributed by atoms with Crippen LogP contribution in [0, 0.1) is 13.8 Å². The number of nitrogens with zero attached hydrogens (tertiary/aromatic N) is 2. The van der Waals surface area contributed by atoms with Crippen LogP contribution in [0.2, 0.25) is 0 Å². The van der Waals surface area contributed by atoms with Gasteiger partial charge in [-0.1, -0.05) is 24.3 Å². The van der Waals surface area contributed by atoms with Crippen LogP contribution in [0.5, 0.6) is 0 Å². The van der Waals surface area contributed by atoms with Gasteiger partial charge in [0.05, 0.1) is 12.0 Å². The van der Waals surface area contributed by atoms with E-state index in [4.69, 9.17) is 0 Å². The lowest BCUT2D eigenvalue weighted by Gasteiger charge is -2.30. The summed E-state index contributed by atoms with van der Waals surface area (Å²) in [5.41, 5.74) is 5.48. The largest absolute Gasteiger partial charge is 0.334 e. The first-order valence-electron chi connectivity index (χ1n) is 5.82. The molecule has 0 fully saturated rings. The van der Waals surface area contributed by atoms with Crippen LogP contribution in [0.1, 0.15) is 28.4 Å². The fraction of sp³-hybridized carbons (Fsp3) is 0.357. The van der Waals surface area contributed by atoms with E-state index in [2.05, 4.69) is 47.7 Å². The smallest absolute Gasteiger partial charge is 0.0951 e. The van der Waals surface area contributed by atoms with Crippen molar-refractivity contribution in [3.63, 3.8) is 0 Å². The zero-order valence-electron chi connectivity index (χ0n) is 9.77. The maximum absolute atomic E-state index is 4.35. The van der Waals surface area contributed by atoms with Crippen LogP contribution in [-0.4, -0.2) is 9.55 Å². The first-order chi connectivity index (χ1) is 7.75. The zero-order valence-corrected chi connectivity index (χ0v) is 9.77. The molecule has 0 spiro atoms. The number of rotatable bonds is 2. The lowest BCUT2D eigenvalue weighted by Crippen LogP contribution is -2.22. The van der Waals surface area contributed by atoms with Gasteiger partial charge in [0.2, 0.25) is 0 Å². The van der Waals surface area contributed by atoms with Crippen molar-refractivity contribution < 1.29 is 0 Å². The van der Waals surface area contributed by atoms with Crippen LogP contribution in [-0.2, 0) is 13.0 Å². The molecule has 16 heavy (non-hydrogen) atoms. The second-order valence-electron chi connectivity index (χ2n) is 4.67. The number of aromatic nitrogens is 2. The summed E-state index contributed by atoms with van der Waals surface area (Å²) in [7, 11) is 0. The molecule has 2 aromatic rings. The van der Waals surface area contributed by atoms with Gasteiger partial charge in [0.1, 0.15) is 0 Å². The maximum atomic E-state index is 4.35. The molecule has 1 heterocycles. The van der Waals surface area contributed by atoms with Crippen LogP contribution in [0.25, 0.3) is 0 Å². The number of benzene rings is 1. The van der Waals surface area contributed by atoms with Crippen molar-refractivity contribution in [1.82, 2.24) is 9.55 Å². The van der Waals surface area contributed by atoms with E-state index < -0.39 is 0 Å². The van der Waals surface area contributed by atoms with E-state index in [1.807, 2.05) is 6.33 Å². The Morgan fingerprint density at radius 2 is 2.12 bits per heavy atom. The van der Waals surface area contributed by atoms with Crippen LogP contribution in [0.15, 0.2) is 30.6 Å². The molecule has 2 heteroatoms. The normalized spacial score (nSPS) is 18.0. The molecule has 0 amide bonds. The third-order valence-corrected chi connectivity index (χ3v) is 3.72. The van der Waals surface area contributed by atoms with Crippen molar-refractivity contribution in [3.8, 4) is 0 Å². The second-order valence-corrected chi connectivity index (χ2v) is 4.67. The predicted octanol–water partition coefficient (Wildman–Crippen LogP) is 2.84. The molecule has 1 aliphatic rings. The van der Waals surface area contributed by atoms with Gasteiger partial charge in [0.15, 0.2) is 0 Å². The molecular formula is C14H16N2. The van der Waals surface area contributed by atoms with Crippen LogP contribution in [0.3, 0.4) is 0 Å². The van der Waals surface area contributed by atoms with E-state index >= 15 is 0 Å². The van der Waals surface area contributed by atoms with Crippen molar-refractivity contribution in [3.05, 3.63) is 53.1 Å². The Bertz CT molecular complexity index is 525. The summed E-state index contributed by atoms with van der Waals surface area (Å²) in [6.07, 6.45) is 3.18. The monoisotopic (exact) mass is 212 g/mol. The summed E-state index contributed by atoms with van der Waals surface area (Å²) >= 11 is 0. The number of aryl methyl sites for hydroxylation is 1. The number of fused-ring (bicyclic) bond motifs is 1. The Morgan fingerprint density at radius 3 is 2.81 bits per heavy atom. The highest BCUT2D eigenvalue weighted by Crippen LogP contribution is 2.36. The molecule has 0 aliphatic heterocycles. The van der Waals surface area contributed by atoms with Gasteiger partial charge in [-0.3, -0.25) is 0 Å². The first-order valence-corrected chi connectivity index (χ1v) is 5.82. The first kappa shape index (κ1) is 9.64. The van der Waals surface area contributed by atoms with E-state index in [1.54, 1.807) is 0 Å². The molecule has 0 saturated carbocycles. The summed E-state index contributed by atoms with van der Waals surface area (Å²) in [4.78, 5) is 4.35. The van der Waals surface area contributed by atoms with Crippen molar-refractivity contribution in [2.75, 3.05) is 0 Å². The predicted molar refractivity (Wildman–Crippen MR) is 64.6 cm³/mol.